The molecule has 0 saturated heterocycles. The standard InChI is InChI=1S/C11H15N2O2/c1-3-15-11(14)13-7-9-4-5-12(2)6-10(9)8-13/h4-6H,3,7-8H2,1-2H3/q+1. The molecule has 1 aliphatic heterocycles. The fourth-order valence-corrected chi connectivity index (χ4v) is 1.79. The van der Waals surface area contributed by atoms with Gasteiger partial charge in [-0.25, -0.2) is 9.36 Å². The number of fused-ring (bicyclic) bond motifs is 1. The summed E-state index contributed by atoms with van der Waals surface area (Å²) in [6, 6.07) is 2.05. The van der Waals surface area contributed by atoms with Gasteiger partial charge in [0, 0.05) is 11.6 Å². The number of pyridine rings is 1. The number of amides is 1. The maximum atomic E-state index is 11.5. The van der Waals surface area contributed by atoms with Gasteiger partial charge in [0.05, 0.1) is 19.7 Å². The van der Waals surface area contributed by atoms with Crippen molar-refractivity contribution in [3.05, 3.63) is 29.6 Å². The molecule has 80 valence electrons. The molecule has 15 heavy (non-hydrogen) atoms. The lowest BCUT2D eigenvalue weighted by Gasteiger charge is -2.13. The average Bonchev–Trinajstić information content (AvgIpc) is 2.60. The van der Waals surface area contributed by atoms with E-state index in [1.165, 1.54) is 11.1 Å². The Balaban J connectivity index is 2.12. The van der Waals surface area contributed by atoms with Crippen LogP contribution in [-0.2, 0) is 24.9 Å². The van der Waals surface area contributed by atoms with Crippen molar-refractivity contribution < 1.29 is 14.1 Å². The van der Waals surface area contributed by atoms with Crippen molar-refractivity contribution in [2.75, 3.05) is 6.61 Å². The van der Waals surface area contributed by atoms with Gasteiger partial charge < -0.3 is 4.74 Å². The molecule has 1 amide bonds. The van der Waals surface area contributed by atoms with Crippen molar-refractivity contribution in [2.24, 2.45) is 7.05 Å². The van der Waals surface area contributed by atoms with Gasteiger partial charge in [-0.1, -0.05) is 0 Å². The fourth-order valence-electron chi connectivity index (χ4n) is 1.79. The molecule has 0 bridgehead atoms. The van der Waals surface area contributed by atoms with Gasteiger partial charge in [-0.15, -0.1) is 0 Å². The minimum atomic E-state index is -0.226. The SMILES string of the molecule is CCOC(=O)N1Cc2cc[n+](C)cc2C1. The molecular weight excluding hydrogens is 192 g/mol. The first-order chi connectivity index (χ1) is 7.20. The van der Waals surface area contributed by atoms with Gasteiger partial charge in [-0.3, -0.25) is 4.90 Å². The number of nitrogens with zero attached hydrogens (tertiary/aromatic N) is 2. The first kappa shape index (κ1) is 9.96. The molecule has 1 aliphatic rings. The van der Waals surface area contributed by atoms with E-state index in [4.69, 9.17) is 4.74 Å². The van der Waals surface area contributed by atoms with Crippen LogP contribution in [0.5, 0.6) is 0 Å². The number of aryl methyl sites for hydroxylation is 1. The summed E-state index contributed by atoms with van der Waals surface area (Å²) in [5.74, 6) is 0. The Morgan fingerprint density at radius 1 is 1.53 bits per heavy atom. The number of carbonyl (C=O) groups excluding carboxylic acids is 1. The van der Waals surface area contributed by atoms with Gasteiger partial charge in [0.1, 0.15) is 7.05 Å². The lowest BCUT2D eigenvalue weighted by molar-refractivity contribution is -0.671. The highest BCUT2D eigenvalue weighted by atomic mass is 16.6. The zero-order valence-corrected chi connectivity index (χ0v) is 9.06. The van der Waals surface area contributed by atoms with E-state index >= 15 is 0 Å². The van der Waals surface area contributed by atoms with Crippen LogP contribution in [0.4, 0.5) is 4.79 Å². The molecular formula is C11H15N2O2+. The van der Waals surface area contributed by atoms with E-state index in [1.54, 1.807) is 4.90 Å². The normalized spacial score (nSPS) is 13.9. The highest BCUT2D eigenvalue weighted by molar-refractivity contribution is 5.68. The second kappa shape index (κ2) is 3.88. The molecule has 0 spiro atoms. The summed E-state index contributed by atoms with van der Waals surface area (Å²) in [7, 11) is 1.98. The Kier molecular flexibility index (Phi) is 2.58. The molecule has 2 rings (SSSR count). The molecule has 2 heterocycles. The van der Waals surface area contributed by atoms with Crippen LogP contribution in [0.3, 0.4) is 0 Å². The van der Waals surface area contributed by atoms with Crippen LogP contribution in [0.1, 0.15) is 18.1 Å². The summed E-state index contributed by atoms with van der Waals surface area (Å²) < 4.78 is 6.96. The molecule has 4 heteroatoms. The predicted octanol–water partition coefficient (Wildman–Crippen LogP) is 0.983. The molecule has 0 aliphatic carbocycles. The van der Waals surface area contributed by atoms with Crippen LogP contribution in [0.15, 0.2) is 18.5 Å². The van der Waals surface area contributed by atoms with E-state index < -0.39 is 0 Å². The Morgan fingerprint density at radius 3 is 3.00 bits per heavy atom. The number of aromatic nitrogens is 1. The maximum Gasteiger partial charge on any atom is 0.410 e. The van der Waals surface area contributed by atoms with Crippen molar-refractivity contribution in [2.45, 2.75) is 20.0 Å². The highest BCUT2D eigenvalue weighted by Gasteiger charge is 2.25. The smallest absolute Gasteiger partial charge is 0.410 e. The van der Waals surface area contributed by atoms with Crippen LogP contribution in [0.2, 0.25) is 0 Å². The highest BCUT2D eigenvalue weighted by Crippen LogP contribution is 2.21. The summed E-state index contributed by atoms with van der Waals surface area (Å²) in [6.07, 6.45) is 3.82. The Bertz CT molecular complexity index is 390. The van der Waals surface area contributed by atoms with Gasteiger partial charge in [-0.05, 0) is 12.5 Å². The van der Waals surface area contributed by atoms with Crippen molar-refractivity contribution in [1.82, 2.24) is 4.90 Å². The lowest BCUT2D eigenvalue weighted by atomic mass is 10.2. The van der Waals surface area contributed by atoms with Crippen molar-refractivity contribution in [3.8, 4) is 0 Å². The molecule has 0 unspecified atom stereocenters. The second-order valence-electron chi connectivity index (χ2n) is 3.72. The third kappa shape index (κ3) is 1.93. The molecule has 0 radical (unpaired) electrons. The van der Waals surface area contributed by atoms with Gasteiger partial charge in [0.2, 0.25) is 0 Å². The van der Waals surface area contributed by atoms with Crippen molar-refractivity contribution in [1.29, 1.82) is 0 Å². The summed E-state index contributed by atoms with van der Waals surface area (Å²) in [6.45, 7) is 3.57. The molecule has 1 aromatic rings. The quantitative estimate of drug-likeness (QED) is 0.643. The number of hydrogen-bond donors (Lipinski definition) is 0. The third-order valence-electron chi connectivity index (χ3n) is 2.53. The van der Waals surface area contributed by atoms with Gasteiger partial charge >= 0.3 is 6.09 Å². The van der Waals surface area contributed by atoms with Crippen LogP contribution in [0, 0.1) is 0 Å². The third-order valence-corrected chi connectivity index (χ3v) is 2.53. The summed E-state index contributed by atoms with van der Waals surface area (Å²) in [5, 5.41) is 0. The molecule has 0 N–H and O–H groups in total. The van der Waals surface area contributed by atoms with Crippen molar-refractivity contribution >= 4 is 6.09 Å². The fraction of sp³-hybridized carbons (Fsp3) is 0.455. The first-order valence-corrected chi connectivity index (χ1v) is 5.09. The predicted molar refractivity (Wildman–Crippen MR) is 53.9 cm³/mol. The molecule has 0 saturated carbocycles. The largest absolute Gasteiger partial charge is 0.450 e. The zero-order chi connectivity index (χ0) is 10.8. The second-order valence-corrected chi connectivity index (χ2v) is 3.72. The van der Waals surface area contributed by atoms with Gasteiger partial charge in [0.25, 0.3) is 0 Å². The van der Waals surface area contributed by atoms with Crippen molar-refractivity contribution in [3.63, 3.8) is 0 Å². The summed E-state index contributed by atoms with van der Waals surface area (Å²) in [4.78, 5) is 13.2. The minimum Gasteiger partial charge on any atom is -0.450 e. The molecule has 4 nitrogen and oxygen atoms in total. The average molecular weight is 207 g/mol. The van der Waals surface area contributed by atoms with Gasteiger partial charge in [-0.2, -0.15) is 0 Å². The number of ether oxygens (including phenoxy) is 1. The van der Waals surface area contributed by atoms with Crippen LogP contribution in [-0.4, -0.2) is 17.6 Å². The topological polar surface area (TPSA) is 33.4 Å². The van der Waals surface area contributed by atoms with E-state index in [9.17, 15) is 4.79 Å². The van der Waals surface area contributed by atoms with Crippen LogP contribution in [0.25, 0.3) is 0 Å². The Morgan fingerprint density at radius 2 is 2.27 bits per heavy atom. The van der Waals surface area contributed by atoms with E-state index in [0.717, 1.165) is 0 Å². The number of hydrogen-bond acceptors (Lipinski definition) is 2. The monoisotopic (exact) mass is 207 g/mol. The first-order valence-electron chi connectivity index (χ1n) is 5.09. The minimum absolute atomic E-state index is 0.226. The molecule has 0 atom stereocenters. The number of rotatable bonds is 1. The Labute approximate surface area is 89.1 Å². The van der Waals surface area contributed by atoms with Crippen LogP contribution < -0.4 is 4.57 Å². The van der Waals surface area contributed by atoms with E-state index in [-0.39, 0.29) is 6.09 Å². The summed E-state index contributed by atoms with van der Waals surface area (Å²) >= 11 is 0. The van der Waals surface area contributed by atoms with E-state index in [0.29, 0.717) is 19.7 Å². The van der Waals surface area contributed by atoms with E-state index in [2.05, 4.69) is 12.3 Å². The lowest BCUT2D eigenvalue weighted by Crippen LogP contribution is -2.27. The maximum absolute atomic E-state index is 11.5. The molecule has 1 aromatic heterocycles. The summed E-state index contributed by atoms with van der Waals surface area (Å²) in [5.41, 5.74) is 2.41. The number of carbonyl (C=O) groups is 1. The molecule has 0 fully saturated rings. The molecule has 0 aromatic carbocycles. The Hall–Kier alpha value is -1.58. The van der Waals surface area contributed by atoms with Crippen LogP contribution >= 0.6 is 0 Å². The van der Waals surface area contributed by atoms with E-state index in [1.807, 2.05) is 24.7 Å². The van der Waals surface area contributed by atoms with Gasteiger partial charge in [0.15, 0.2) is 12.4 Å². The zero-order valence-electron chi connectivity index (χ0n) is 9.06.